The molecule has 0 fully saturated rings. The summed E-state index contributed by atoms with van der Waals surface area (Å²) in [7, 11) is 0. The van der Waals surface area contributed by atoms with Crippen LogP contribution in [0, 0.1) is 26.7 Å². The Kier molecular flexibility index (Phi) is 18.0. The molecule has 1 rings (SSSR count). The summed E-state index contributed by atoms with van der Waals surface area (Å²) in [6, 6.07) is 3.77. The van der Waals surface area contributed by atoms with Crippen LogP contribution in [0.5, 0.6) is 0 Å². The van der Waals surface area contributed by atoms with E-state index in [0.29, 0.717) is 24.0 Å². The second kappa shape index (κ2) is 19.7. The first-order valence-corrected chi connectivity index (χ1v) is 13.6. The van der Waals surface area contributed by atoms with Crippen molar-refractivity contribution in [3.05, 3.63) is 107 Å². The number of unbranched alkanes of at least 4 members (excludes halogenated alkanes) is 1. The van der Waals surface area contributed by atoms with Gasteiger partial charge in [0.2, 0.25) is 0 Å². The number of Topliss-reactive ketones (excluding diaryl/α,β-unsaturated/α-hetero) is 1. The fourth-order valence-electron chi connectivity index (χ4n) is 3.52. The van der Waals surface area contributed by atoms with Crippen LogP contribution < -0.4 is 5.32 Å². The lowest BCUT2D eigenvalue weighted by molar-refractivity contribution is -0.116. The number of rotatable bonds is 14. The number of allylic oxidation sites excluding steroid dienone is 5. The van der Waals surface area contributed by atoms with Crippen molar-refractivity contribution in [2.45, 2.75) is 73.6 Å². The monoisotopic (exact) mass is 554 g/mol. The predicted octanol–water partition coefficient (Wildman–Crippen LogP) is 9.34. The number of hydrogen-bond acceptors (Lipinski definition) is 3. The van der Waals surface area contributed by atoms with E-state index in [0.717, 1.165) is 41.7 Å². The van der Waals surface area contributed by atoms with Crippen molar-refractivity contribution in [2.24, 2.45) is 10.9 Å². The summed E-state index contributed by atoms with van der Waals surface area (Å²) >= 11 is 5.01. The summed E-state index contributed by atoms with van der Waals surface area (Å²) in [6.45, 7) is 22.2. The number of nitrogens with one attached hydrogen (secondary N) is 1. The van der Waals surface area contributed by atoms with Crippen LogP contribution in [0.1, 0.15) is 79.9 Å². The Labute approximate surface area is 239 Å². The molecule has 0 saturated heterocycles. The highest BCUT2D eigenvalue weighted by Gasteiger charge is 2.21. The molecular formula is C33H44ClFN2O2. The van der Waals surface area contributed by atoms with Crippen LogP contribution in [0.25, 0.3) is 0 Å². The second-order valence-electron chi connectivity index (χ2n) is 9.28. The van der Waals surface area contributed by atoms with Gasteiger partial charge < -0.3 is 5.32 Å². The number of halogens is 2. The Balaban J connectivity index is 0.00000336. The molecule has 1 unspecified atom stereocenters. The number of hydrogen-bond donors (Lipinski definition) is 1. The van der Waals surface area contributed by atoms with E-state index >= 15 is 0 Å². The van der Waals surface area contributed by atoms with Crippen molar-refractivity contribution >= 4 is 29.0 Å². The zero-order valence-electron chi connectivity index (χ0n) is 24.4. The van der Waals surface area contributed by atoms with E-state index in [1.165, 1.54) is 17.9 Å². The third kappa shape index (κ3) is 13.4. The fraction of sp³-hybridized carbons (Fsp3) is 0.364. The largest absolute Gasteiger partial charge is 0.328 e. The molecule has 1 aromatic rings. The fourth-order valence-corrected chi connectivity index (χ4v) is 3.52. The van der Waals surface area contributed by atoms with E-state index in [-0.39, 0.29) is 17.3 Å². The molecule has 0 aliphatic rings. The highest BCUT2D eigenvalue weighted by molar-refractivity contribution is 6.26. The summed E-state index contributed by atoms with van der Waals surface area (Å²) < 4.78 is 13.4. The molecule has 0 heterocycles. The van der Waals surface area contributed by atoms with Crippen molar-refractivity contribution in [3.63, 3.8) is 0 Å². The number of nitrogens with zero attached hydrogens (tertiary/aromatic N) is 1. The number of amides is 1. The Bertz CT molecular complexity index is 1140. The Morgan fingerprint density at radius 3 is 2.31 bits per heavy atom. The maximum atomic E-state index is 13.4. The van der Waals surface area contributed by atoms with Crippen molar-refractivity contribution in [2.75, 3.05) is 0 Å². The number of benzene rings is 1. The lowest BCUT2D eigenvalue weighted by Crippen LogP contribution is -2.25. The minimum Gasteiger partial charge on any atom is -0.328 e. The third-order valence-corrected chi connectivity index (χ3v) is 6.38. The van der Waals surface area contributed by atoms with Gasteiger partial charge in [0.05, 0.1) is 5.57 Å². The first kappa shape index (κ1) is 35.7. The van der Waals surface area contributed by atoms with Gasteiger partial charge in [-0.15, -0.1) is 0 Å². The molecule has 0 spiro atoms. The van der Waals surface area contributed by atoms with E-state index < -0.39 is 11.7 Å². The van der Waals surface area contributed by atoms with Gasteiger partial charge in [0.25, 0.3) is 5.91 Å². The molecule has 1 amide bonds. The van der Waals surface area contributed by atoms with Gasteiger partial charge in [-0.3, -0.25) is 14.6 Å². The number of carbonyl (C=O) groups excluding carboxylic acids is 2. The van der Waals surface area contributed by atoms with Crippen LogP contribution in [0.3, 0.4) is 0 Å². The standard InChI is InChI=1S/C30H39FN2O2.C3H5Cl/c1-9-11-14-26(32-10-2)16-17-33-30(35)27(15-12-13-20(3)24(7)25(8)31)29(34)28-19-22(5)21(4)18-23(28)6;1-2-3-4/h10,15-20H,2,7-9,11-14H2,1,3-6H3,(H,33,35);2-3H,1H3/b17-16+,27-15+,32-26?;3-2+. The Hall–Kier alpha value is -3.31. The number of ketones is 1. The Morgan fingerprint density at radius 1 is 1.15 bits per heavy atom. The Morgan fingerprint density at radius 2 is 1.77 bits per heavy atom. The van der Waals surface area contributed by atoms with Crippen molar-refractivity contribution in [1.82, 2.24) is 5.32 Å². The summed E-state index contributed by atoms with van der Waals surface area (Å²) in [4.78, 5) is 30.8. The molecule has 0 aliphatic carbocycles. The van der Waals surface area contributed by atoms with E-state index in [1.807, 2.05) is 46.8 Å². The maximum absolute atomic E-state index is 13.4. The summed E-state index contributed by atoms with van der Waals surface area (Å²) in [6.07, 6.45) is 11.8. The molecule has 39 heavy (non-hydrogen) atoms. The van der Waals surface area contributed by atoms with Crippen LogP contribution in [-0.2, 0) is 4.79 Å². The first-order chi connectivity index (χ1) is 18.4. The molecular weight excluding hydrogens is 511 g/mol. The molecule has 6 heteroatoms. The smallest absolute Gasteiger partial charge is 0.258 e. The topological polar surface area (TPSA) is 58.5 Å². The van der Waals surface area contributed by atoms with E-state index in [9.17, 15) is 14.0 Å². The van der Waals surface area contributed by atoms with Crippen LogP contribution >= 0.6 is 11.6 Å². The SMILES string of the molecule is C/C=C/Cl.C=CN=C(/C=C/NC(=O)/C(=C/CCC(C)C(=C)C(=C)F)C(=O)c1cc(C)c(C)cc1C)CCCC. The van der Waals surface area contributed by atoms with Gasteiger partial charge in [0, 0.05) is 23.7 Å². The van der Waals surface area contributed by atoms with Crippen LogP contribution in [-0.4, -0.2) is 17.4 Å². The summed E-state index contributed by atoms with van der Waals surface area (Å²) in [5, 5.41) is 2.71. The zero-order valence-corrected chi connectivity index (χ0v) is 25.1. The van der Waals surface area contributed by atoms with E-state index in [4.69, 9.17) is 11.6 Å². The number of aliphatic imine (C=N–C) groups is 1. The molecule has 0 saturated carbocycles. The molecule has 0 aromatic heterocycles. The minimum atomic E-state index is -0.550. The number of aryl methyl sites for hydroxylation is 3. The van der Waals surface area contributed by atoms with E-state index in [1.54, 1.807) is 18.2 Å². The second-order valence-corrected chi connectivity index (χ2v) is 9.53. The normalized spacial score (nSPS) is 12.6. The molecule has 0 aliphatic heterocycles. The van der Waals surface area contributed by atoms with Crippen LogP contribution in [0.15, 0.2) is 90.0 Å². The van der Waals surface area contributed by atoms with Gasteiger partial charge in [0.1, 0.15) is 5.83 Å². The van der Waals surface area contributed by atoms with Crippen LogP contribution in [0.2, 0.25) is 0 Å². The lowest BCUT2D eigenvalue weighted by Gasteiger charge is -2.13. The molecule has 1 N–H and O–H groups in total. The number of carbonyl (C=O) groups is 2. The highest BCUT2D eigenvalue weighted by Crippen LogP contribution is 2.23. The lowest BCUT2D eigenvalue weighted by atomic mass is 9.92. The van der Waals surface area contributed by atoms with Gasteiger partial charge in [-0.2, -0.15) is 0 Å². The summed E-state index contributed by atoms with van der Waals surface area (Å²) in [5.74, 6) is -1.56. The molecule has 1 atom stereocenters. The van der Waals surface area contributed by atoms with Gasteiger partial charge in [-0.1, -0.05) is 69.8 Å². The average molecular weight is 555 g/mol. The van der Waals surface area contributed by atoms with Gasteiger partial charge in [0.15, 0.2) is 5.78 Å². The molecule has 1 aromatic carbocycles. The van der Waals surface area contributed by atoms with Gasteiger partial charge in [-0.05, 0) is 99.2 Å². The molecule has 0 radical (unpaired) electrons. The summed E-state index contributed by atoms with van der Waals surface area (Å²) in [5.41, 5.74) is 6.00. The quantitative estimate of drug-likeness (QED) is 0.0621. The zero-order chi connectivity index (χ0) is 30.0. The van der Waals surface area contributed by atoms with Crippen molar-refractivity contribution in [3.8, 4) is 0 Å². The molecule has 212 valence electrons. The molecule has 0 bridgehead atoms. The van der Waals surface area contributed by atoms with Gasteiger partial charge in [-0.25, -0.2) is 4.39 Å². The highest BCUT2D eigenvalue weighted by atomic mass is 35.5. The van der Waals surface area contributed by atoms with Crippen molar-refractivity contribution in [1.29, 1.82) is 0 Å². The predicted molar refractivity (Wildman–Crippen MR) is 166 cm³/mol. The van der Waals surface area contributed by atoms with Gasteiger partial charge >= 0.3 is 0 Å². The first-order valence-electron chi connectivity index (χ1n) is 13.2. The maximum Gasteiger partial charge on any atom is 0.258 e. The van der Waals surface area contributed by atoms with Crippen molar-refractivity contribution < 1.29 is 14.0 Å². The van der Waals surface area contributed by atoms with Crippen LogP contribution in [0.4, 0.5) is 4.39 Å². The third-order valence-electron chi connectivity index (χ3n) is 6.13. The average Bonchev–Trinajstić information content (AvgIpc) is 2.90. The molecule has 4 nitrogen and oxygen atoms in total. The van der Waals surface area contributed by atoms with E-state index in [2.05, 4.69) is 37.0 Å². The minimum absolute atomic E-state index is 0.0497.